The van der Waals surface area contributed by atoms with E-state index >= 15 is 0 Å². The molecule has 0 aliphatic rings. The highest BCUT2D eigenvalue weighted by molar-refractivity contribution is 5.43. The molecule has 0 heterocycles. The van der Waals surface area contributed by atoms with E-state index in [1.54, 1.807) is 7.11 Å². The summed E-state index contributed by atoms with van der Waals surface area (Å²) in [6.07, 6.45) is 2.34. The normalized spacial score (nSPS) is 11.5. The van der Waals surface area contributed by atoms with E-state index in [-0.39, 0.29) is 0 Å². The highest BCUT2D eigenvalue weighted by atomic mass is 16.5. The van der Waals surface area contributed by atoms with Crippen molar-refractivity contribution in [2.24, 2.45) is 0 Å². The first-order chi connectivity index (χ1) is 14.5. The lowest BCUT2D eigenvalue weighted by molar-refractivity contribution is 0.233. The van der Waals surface area contributed by atoms with Gasteiger partial charge < -0.3 is 19.3 Å². The van der Waals surface area contributed by atoms with Gasteiger partial charge in [-0.1, -0.05) is 36.4 Å². The number of rotatable bonds is 14. The summed E-state index contributed by atoms with van der Waals surface area (Å²) in [5.74, 6) is 1.59. The molecular weight excluding hydrogens is 374 g/mol. The fraction of sp³-hybridized carbons (Fsp3) is 0.520. The van der Waals surface area contributed by atoms with Crippen LogP contribution < -0.4 is 9.47 Å². The summed E-state index contributed by atoms with van der Waals surface area (Å²) >= 11 is 0. The van der Waals surface area contributed by atoms with Gasteiger partial charge in [-0.15, -0.1) is 0 Å². The first-order valence-corrected chi connectivity index (χ1v) is 10.8. The molecule has 2 rings (SSSR count). The number of hydrogen-bond acceptors (Lipinski definition) is 5. The average Bonchev–Trinajstić information content (AvgIpc) is 2.72. The third kappa shape index (κ3) is 9.16. The lowest BCUT2D eigenvalue weighted by Crippen LogP contribution is -2.30. The molecule has 0 saturated heterocycles. The van der Waals surface area contributed by atoms with Crippen molar-refractivity contribution in [1.82, 2.24) is 14.7 Å². The van der Waals surface area contributed by atoms with Gasteiger partial charge in [-0.05, 0) is 90.5 Å². The van der Waals surface area contributed by atoms with Crippen LogP contribution in [0.4, 0.5) is 0 Å². The van der Waals surface area contributed by atoms with Gasteiger partial charge in [0.25, 0.3) is 0 Å². The van der Waals surface area contributed by atoms with Crippen LogP contribution in [0.3, 0.4) is 0 Å². The third-order valence-corrected chi connectivity index (χ3v) is 5.03. The van der Waals surface area contributed by atoms with Crippen LogP contribution in [-0.4, -0.2) is 76.2 Å². The molecule has 0 aromatic heterocycles. The van der Waals surface area contributed by atoms with Crippen molar-refractivity contribution in [3.05, 3.63) is 59.7 Å². The zero-order chi connectivity index (χ0) is 21.8. The molecule has 0 saturated carbocycles. The van der Waals surface area contributed by atoms with Crippen LogP contribution in [0.15, 0.2) is 48.5 Å². The second-order valence-electron chi connectivity index (χ2n) is 8.35. The lowest BCUT2D eigenvalue weighted by Gasteiger charge is -2.24. The molecule has 0 bridgehead atoms. The second kappa shape index (κ2) is 13.3. The van der Waals surface area contributed by atoms with Gasteiger partial charge in [-0.3, -0.25) is 4.90 Å². The monoisotopic (exact) mass is 413 g/mol. The molecule has 166 valence electrons. The Hall–Kier alpha value is -2.08. The van der Waals surface area contributed by atoms with E-state index in [9.17, 15) is 0 Å². The summed E-state index contributed by atoms with van der Waals surface area (Å²) in [5.41, 5.74) is 2.41. The van der Waals surface area contributed by atoms with Crippen LogP contribution in [-0.2, 0) is 13.2 Å². The van der Waals surface area contributed by atoms with Gasteiger partial charge in [0.2, 0.25) is 0 Å². The first kappa shape index (κ1) is 24.2. The smallest absolute Gasteiger partial charge is 0.161 e. The third-order valence-electron chi connectivity index (χ3n) is 5.03. The molecule has 0 N–H and O–H groups in total. The quantitative estimate of drug-likeness (QED) is 0.467. The highest BCUT2D eigenvalue weighted by Gasteiger charge is 2.11. The Morgan fingerprint density at radius 3 is 1.90 bits per heavy atom. The predicted molar refractivity (Wildman–Crippen MR) is 125 cm³/mol. The van der Waals surface area contributed by atoms with Crippen LogP contribution >= 0.6 is 0 Å². The molecule has 2 aromatic carbocycles. The van der Waals surface area contributed by atoms with E-state index < -0.39 is 0 Å². The van der Waals surface area contributed by atoms with Crippen LogP contribution in [0.2, 0.25) is 0 Å². The Balaban J connectivity index is 2.03. The maximum Gasteiger partial charge on any atom is 0.161 e. The summed E-state index contributed by atoms with van der Waals surface area (Å²) in [6, 6.07) is 16.5. The Morgan fingerprint density at radius 1 is 0.700 bits per heavy atom. The zero-order valence-electron chi connectivity index (χ0n) is 19.4. The SMILES string of the molecule is COc1ccc(CN(CCCN(C)C)CCCN(C)C)cc1OCc1ccccc1. The summed E-state index contributed by atoms with van der Waals surface area (Å²) in [5, 5.41) is 0. The minimum atomic E-state index is 0.538. The first-order valence-electron chi connectivity index (χ1n) is 10.8. The van der Waals surface area contributed by atoms with Crippen LogP contribution in [0.25, 0.3) is 0 Å². The maximum atomic E-state index is 6.10. The molecule has 0 radical (unpaired) electrons. The van der Waals surface area contributed by atoms with Gasteiger partial charge in [-0.25, -0.2) is 0 Å². The Bertz CT molecular complexity index is 706. The van der Waals surface area contributed by atoms with Crippen molar-refractivity contribution in [2.45, 2.75) is 26.0 Å². The lowest BCUT2D eigenvalue weighted by atomic mass is 10.1. The molecule has 0 aliphatic heterocycles. The number of methoxy groups -OCH3 is 1. The van der Waals surface area contributed by atoms with Gasteiger partial charge in [-0.2, -0.15) is 0 Å². The fourth-order valence-electron chi connectivity index (χ4n) is 3.42. The molecule has 0 atom stereocenters. The van der Waals surface area contributed by atoms with E-state index in [1.165, 1.54) is 18.4 Å². The van der Waals surface area contributed by atoms with Gasteiger partial charge in [0.05, 0.1) is 7.11 Å². The van der Waals surface area contributed by atoms with E-state index in [1.807, 2.05) is 24.3 Å². The van der Waals surface area contributed by atoms with Crippen molar-refractivity contribution in [3.8, 4) is 11.5 Å². The molecule has 0 amide bonds. The summed E-state index contributed by atoms with van der Waals surface area (Å²) in [7, 11) is 10.2. The zero-order valence-corrected chi connectivity index (χ0v) is 19.4. The maximum absolute atomic E-state index is 6.10. The fourth-order valence-corrected chi connectivity index (χ4v) is 3.42. The van der Waals surface area contributed by atoms with E-state index in [2.05, 4.69) is 67.2 Å². The van der Waals surface area contributed by atoms with Crippen LogP contribution in [0, 0.1) is 0 Å². The van der Waals surface area contributed by atoms with Crippen molar-refractivity contribution in [2.75, 3.05) is 61.5 Å². The molecule has 5 heteroatoms. The van der Waals surface area contributed by atoms with Crippen LogP contribution in [0.1, 0.15) is 24.0 Å². The highest BCUT2D eigenvalue weighted by Crippen LogP contribution is 2.29. The van der Waals surface area contributed by atoms with E-state index in [0.29, 0.717) is 6.61 Å². The van der Waals surface area contributed by atoms with Crippen molar-refractivity contribution >= 4 is 0 Å². The van der Waals surface area contributed by atoms with Crippen LogP contribution in [0.5, 0.6) is 11.5 Å². The van der Waals surface area contributed by atoms with E-state index in [4.69, 9.17) is 9.47 Å². The van der Waals surface area contributed by atoms with E-state index in [0.717, 1.165) is 49.8 Å². The van der Waals surface area contributed by atoms with Crippen molar-refractivity contribution in [1.29, 1.82) is 0 Å². The molecule has 5 nitrogen and oxygen atoms in total. The molecule has 0 aliphatic carbocycles. The number of hydrogen-bond donors (Lipinski definition) is 0. The Kier molecular flexibility index (Phi) is 10.7. The summed E-state index contributed by atoms with van der Waals surface area (Å²) in [4.78, 5) is 7.05. The number of benzene rings is 2. The Labute approximate surface area is 183 Å². The number of nitrogens with zero attached hydrogens (tertiary/aromatic N) is 3. The van der Waals surface area contributed by atoms with Crippen molar-refractivity contribution in [3.63, 3.8) is 0 Å². The molecule has 0 fully saturated rings. The molecule has 0 unspecified atom stereocenters. The largest absolute Gasteiger partial charge is 0.493 e. The molecular formula is C25H39N3O2. The average molecular weight is 414 g/mol. The predicted octanol–water partition coefficient (Wildman–Crippen LogP) is 3.98. The topological polar surface area (TPSA) is 28.2 Å². The minimum Gasteiger partial charge on any atom is -0.493 e. The van der Waals surface area contributed by atoms with Gasteiger partial charge >= 0.3 is 0 Å². The molecule has 0 spiro atoms. The standard InChI is InChI=1S/C25H39N3O2/c1-26(2)15-9-17-28(18-10-16-27(3)4)20-23-13-14-24(29-5)25(19-23)30-21-22-11-7-6-8-12-22/h6-8,11-14,19H,9-10,15-18,20-21H2,1-5H3. The minimum absolute atomic E-state index is 0.538. The van der Waals surface area contributed by atoms with Crippen molar-refractivity contribution < 1.29 is 9.47 Å². The number of ether oxygens (including phenoxy) is 2. The summed E-state index contributed by atoms with van der Waals surface area (Å²) < 4.78 is 11.6. The second-order valence-corrected chi connectivity index (χ2v) is 8.35. The Morgan fingerprint density at radius 2 is 1.33 bits per heavy atom. The van der Waals surface area contributed by atoms with Gasteiger partial charge in [0.15, 0.2) is 11.5 Å². The summed E-state index contributed by atoms with van der Waals surface area (Å²) in [6.45, 7) is 5.87. The molecule has 2 aromatic rings. The van der Waals surface area contributed by atoms with Gasteiger partial charge in [0, 0.05) is 6.54 Å². The molecule has 30 heavy (non-hydrogen) atoms. The van der Waals surface area contributed by atoms with Gasteiger partial charge in [0.1, 0.15) is 6.61 Å².